The molecule has 4 heteroatoms. The first-order chi connectivity index (χ1) is 7.74. The maximum Gasteiger partial charge on any atom is 0.178 e. The lowest BCUT2D eigenvalue weighted by Crippen LogP contribution is -2.16. The predicted molar refractivity (Wildman–Crippen MR) is 67.2 cm³/mol. The zero-order valence-corrected chi connectivity index (χ0v) is 10.0. The Balaban J connectivity index is 2.29. The van der Waals surface area contributed by atoms with Gasteiger partial charge in [-0.1, -0.05) is 6.07 Å². The Hall–Kier alpha value is -1.16. The number of ether oxygens (including phenoxy) is 1. The molecule has 1 aliphatic rings. The van der Waals surface area contributed by atoms with Gasteiger partial charge >= 0.3 is 0 Å². The number of ketones is 1. The van der Waals surface area contributed by atoms with Crippen LogP contribution in [-0.4, -0.2) is 23.9 Å². The van der Waals surface area contributed by atoms with E-state index in [1.54, 1.807) is 31.0 Å². The van der Waals surface area contributed by atoms with Gasteiger partial charge in [-0.25, -0.2) is 0 Å². The normalized spacial score (nSPS) is 19.7. The van der Waals surface area contributed by atoms with Crippen molar-refractivity contribution in [2.45, 2.75) is 18.1 Å². The van der Waals surface area contributed by atoms with Crippen molar-refractivity contribution < 1.29 is 9.53 Å². The van der Waals surface area contributed by atoms with Gasteiger partial charge in [0.1, 0.15) is 5.75 Å². The van der Waals surface area contributed by atoms with Crippen LogP contribution in [0.3, 0.4) is 0 Å². The van der Waals surface area contributed by atoms with Crippen molar-refractivity contribution in [2.75, 3.05) is 18.6 Å². The molecule has 0 aliphatic carbocycles. The fourth-order valence-corrected chi connectivity index (χ4v) is 3.12. The number of rotatable bonds is 3. The summed E-state index contributed by atoms with van der Waals surface area (Å²) in [5.74, 6) is 1.79. The van der Waals surface area contributed by atoms with E-state index in [2.05, 4.69) is 0 Å². The van der Waals surface area contributed by atoms with Gasteiger partial charge in [0.25, 0.3) is 0 Å². The van der Waals surface area contributed by atoms with Gasteiger partial charge in [-0.15, -0.1) is 0 Å². The number of anilines is 1. The zero-order valence-electron chi connectivity index (χ0n) is 9.23. The molecule has 1 unspecified atom stereocenters. The Labute approximate surface area is 99.4 Å². The van der Waals surface area contributed by atoms with Crippen LogP contribution in [0.5, 0.6) is 5.75 Å². The Morgan fingerprint density at radius 3 is 3.00 bits per heavy atom. The highest BCUT2D eigenvalue weighted by Gasteiger charge is 2.26. The van der Waals surface area contributed by atoms with Crippen molar-refractivity contribution in [3.05, 3.63) is 23.8 Å². The Morgan fingerprint density at radius 1 is 1.56 bits per heavy atom. The molecule has 86 valence electrons. The second kappa shape index (κ2) is 4.78. The molecule has 1 aliphatic heterocycles. The van der Waals surface area contributed by atoms with E-state index in [4.69, 9.17) is 10.5 Å². The van der Waals surface area contributed by atoms with E-state index in [1.807, 2.05) is 6.07 Å². The summed E-state index contributed by atoms with van der Waals surface area (Å²) in [7, 11) is 1.56. The van der Waals surface area contributed by atoms with E-state index >= 15 is 0 Å². The van der Waals surface area contributed by atoms with Crippen molar-refractivity contribution in [3.8, 4) is 5.75 Å². The van der Waals surface area contributed by atoms with E-state index in [9.17, 15) is 4.79 Å². The third kappa shape index (κ3) is 2.02. The van der Waals surface area contributed by atoms with Gasteiger partial charge < -0.3 is 10.5 Å². The molecule has 0 bridgehead atoms. The Kier molecular flexibility index (Phi) is 3.39. The van der Waals surface area contributed by atoms with Crippen molar-refractivity contribution in [2.24, 2.45) is 0 Å². The predicted octanol–water partition coefficient (Wildman–Crippen LogP) is 2.36. The number of benzene rings is 1. The molecule has 3 nitrogen and oxygen atoms in total. The van der Waals surface area contributed by atoms with E-state index in [-0.39, 0.29) is 11.0 Å². The number of thioether (sulfide) groups is 1. The lowest BCUT2D eigenvalue weighted by atomic mass is 10.0. The molecule has 16 heavy (non-hydrogen) atoms. The summed E-state index contributed by atoms with van der Waals surface area (Å²) in [6.45, 7) is 0. The lowest BCUT2D eigenvalue weighted by molar-refractivity contribution is 0.0989. The smallest absolute Gasteiger partial charge is 0.178 e. The number of methoxy groups -OCH3 is 1. The summed E-state index contributed by atoms with van der Waals surface area (Å²) in [5.41, 5.74) is 6.96. The zero-order chi connectivity index (χ0) is 11.5. The topological polar surface area (TPSA) is 52.3 Å². The SMILES string of the molecule is COc1cccc(C(=O)C2CCCS2)c1N. The molecule has 1 aromatic rings. The molecule has 1 saturated heterocycles. The number of carbonyl (C=O) groups is 1. The van der Waals surface area contributed by atoms with Crippen molar-refractivity contribution in [1.29, 1.82) is 0 Å². The van der Waals surface area contributed by atoms with Gasteiger partial charge in [-0.2, -0.15) is 11.8 Å². The minimum absolute atomic E-state index is 0.0782. The van der Waals surface area contributed by atoms with Crippen LogP contribution in [0.2, 0.25) is 0 Å². The fraction of sp³-hybridized carbons (Fsp3) is 0.417. The molecule has 1 fully saturated rings. The number of hydrogen-bond donors (Lipinski definition) is 1. The quantitative estimate of drug-likeness (QED) is 0.647. The average Bonchev–Trinajstić information content (AvgIpc) is 2.82. The molecule has 1 aromatic carbocycles. The minimum Gasteiger partial charge on any atom is -0.495 e. The number of para-hydroxylation sites is 1. The highest BCUT2D eigenvalue weighted by atomic mass is 32.2. The molecule has 0 spiro atoms. The van der Waals surface area contributed by atoms with Crippen LogP contribution in [0.1, 0.15) is 23.2 Å². The second-order valence-corrected chi connectivity index (χ2v) is 5.10. The number of nitrogens with two attached hydrogens (primary N) is 1. The monoisotopic (exact) mass is 237 g/mol. The van der Waals surface area contributed by atoms with Gasteiger partial charge in [-0.3, -0.25) is 4.79 Å². The average molecular weight is 237 g/mol. The number of hydrogen-bond acceptors (Lipinski definition) is 4. The fourth-order valence-electron chi connectivity index (χ4n) is 1.89. The van der Waals surface area contributed by atoms with Crippen LogP contribution in [0, 0.1) is 0 Å². The summed E-state index contributed by atoms with van der Waals surface area (Å²) < 4.78 is 5.11. The standard InChI is InChI=1S/C12H15NO2S/c1-15-9-5-2-4-8(11(9)13)12(14)10-6-3-7-16-10/h2,4-5,10H,3,6-7,13H2,1H3. The summed E-state index contributed by atoms with van der Waals surface area (Å²) >= 11 is 1.72. The molecular weight excluding hydrogens is 222 g/mol. The van der Waals surface area contributed by atoms with Gasteiger partial charge in [0.2, 0.25) is 0 Å². The van der Waals surface area contributed by atoms with Crippen molar-refractivity contribution in [3.63, 3.8) is 0 Å². The van der Waals surface area contributed by atoms with Crippen LogP contribution in [0.4, 0.5) is 5.69 Å². The first-order valence-corrected chi connectivity index (χ1v) is 6.37. The Bertz CT molecular complexity index is 400. The van der Waals surface area contributed by atoms with Crippen LogP contribution in [-0.2, 0) is 0 Å². The summed E-state index contributed by atoms with van der Waals surface area (Å²) in [4.78, 5) is 12.2. The van der Waals surface area contributed by atoms with Crippen LogP contribution in [0.15, 0.2) is 18.2 Å². The summed E-state index contributed by atoms with van der Waals surface area (Å²) in [6.07, 6.45) is 2.07. The molecule has 1 heterocycles. The van der Waals surface area contributed by atoms with E-state index in [1.165, 1.54) is 0 Å². The minimum atomic E-state index is 0.0782. The summed E-state index contributed by atoms with van der Waals surface area (Å²) in [6, 6.07) is 5.36. The highest BCUT2D eigenvalue weighted by molar-refractivity contribution is 8.00. The lowest BCUT2D eigenvalue weighted by Gasteiger charge is -2.12. The van der Waals surface area contributed by atoms with Crippen LogP contribution in [0.25, 0.3) is 0 Å². The van der Waals surface area contributed by atoms with Crippen LogP contribution < -0.4 is 10.5 Å². The van der Waals surface area contributed by atoms with E-state index < -0.39 is 0 Å². The third-order valence-corrected chi connectivity index (χ3v) is 4.15. The highest BCUT2D eigenvalue weighted by Crippen LogP contribution is 2.33. The van der Waals surface area contributed by atoms with Gasteiger partial charge in [0.05, 0.1) is 18.0 Å². The molecule has 0 radical (unpaired) electrons. The third-order valence-electron chi connectivity index (χ3n) is 2.77. The molecule has 2 rings (SSSR count). The van der Waals surface area contributed by atoms with Crippen molar-refractivity contribution >= 4 is 23.2 Å². The molecule has 0 aromatic heterocycles. The van der Waals surface area contributed by atoms with Gasteiger partial charge in [0.15, 0.2) is 5.78 Å². The second-order valence-electron chi connectivity index (χ2n) is 3.79. The van der Waals surface area contributed by atoms with E-state index in [0.29, 0.717) is 17.0 Å². The maximum atomic E-state index is 12.2. The largest absolute Gasteiger partial charge is 0.495 e. The van der Waals surface area contributed by atoms with Crippen LogP contribution >= 0.6 is 11.8 Å². The molecule has 0 amide bonds. The van der Waals surface area contributed by atoms with Crippen molar-refractivity contribution in [1.82, 2.24) is 0 Å². The molecule has 0 saturated carbocycles. The number of carbonyl (C=O) groups excluding carboxylic acids is 1. The first-order valence-electron chi connectivity index (χ1n) is 5.32. The molecular formula is C12H15NO2S. The molecule has 1 atom stereocenters. The van der Waals surface area contributed by atoms with E-state index in [0.717, 1.165) is 18.6 Å². The number of nitrogen functional groups attached to an aromatic ring is 1. The summed E-state index contributed by atoms with van der Waals surface area (Å²) in [5, 5.41) is 0.0782. The Morgan fingerprint density at radius 2 is 2.38 bits per heavy atom. The molecule has 2 N–H and O–H groups in total. The maximum absolute atomic E-state index is 12.2. The van der Waals surface area contributed by atoms with Gasteiger partial charge in [0, 0.05) is 5.56 Å². The number of Topliss-reactive ketones (excluding diaryl/α,β-unsaturated/α-hetero) is 1. The first kappa shape index (κ1) is 11.3. The van der Waals surface area contributed by atoms with Gasteiger partial charge in [-0.05, 0) is 30.7 Å².